The van der Waals surface area contributed by atoms with Gasteiger partial charge in [-0.15, -0.1) is 0 Å². The summed E-state index contributed by atoms with van der Waals surface area (Å²) < 4.78 is 14.4. The van der Waals surface area contributed by atoms with E-state index < -0.39 is 11.4 Å². The number of hydrogen-bond donors (Lipinski definition) is 1. The fourth-order valence-electron chi connectivity index (χ4n) is 2.10. The number of rotatable bonds is 3. The van der Waals surface area contributed by atoms with Crippen LogP contribution in [0.2, 0.25) is 5.02 Å². The van der Waals surface area contributed by atoms with Crippen LogP contribution in [0.5, 0.6) is 0 Å². The minimum atomic E-state index is -0.627. The summed E-state index contributed by atoms with van der Waals surface area (Å²) in [4.78, 5) is 0. The first-order chi connectivity index (χ1) is 8.92. The van der Waals surface area contributed by atoms with E-state index in [1.165, 1.54) is 6.07 Å². The van der Waals surface area contributed by atoms with Crippen LogP contribution in [0.1, 0.15) is 18.1 Å². The molecule has 0 saturated carbocycles. The van der Waals surface area contributed by atoms with Crippen molar-refractivity contribution in [3.63, 3.8) is 0 Å². The number of nitrogens with two attached hydrogens (primary N) is 1. The predicted octanol–water partition coefficient (Wildman–Crippen LogP) is 4.66. The Morgan fingerprint density at radius 3 is 2.58 bits per heavy atom. The van der Waals surface area contributed by atoms with E-state index in [2.05, 4.69) is 15.9 Å². The minimum absolute atomic E-state index is 0.145. The highest BCUT2D eigenvalue weighted by molar-refractivity contribution is 9.10. The van der Waals surface area contributed by atoms with Gasteiger partial charge in [-0.25, -0.2) is 4.39 Å². The number of halogens is 3. The SMILES string of the molecule is CC(N)(Cc1cccc(F)c1Cl)c1ccccc1Br. The molecule has 0 bridgehead atoms. The highest BCUT2D eigenvalue weighted by atomic mass is 79.9. The molecule has 1 nitrogen and oxygen atoms in total. The highest BCUT2D eigenvalue weighted by Gasteiger charge is 2.25. The molecule has 0 amide bonds. The molecule has 2 rings (SSSR count). The Kier molecular flexibility index (Phi) is 4.29. The molecule has 4 heteroatoms. The van der Waals surface area contributed by atoms with E-state index in [4.69, 9.17) is 17.3 Å². The molecule has 19 heavy (non-hydrogen) atoms. The molecule has 2 N–H and O–H groups in total. The molecule has 2 aromatic rings. The molecule has 0 spiro atoms. The van der Waals surface area contributed by atoms with Crippen LogP contribution in [0.15, 0.2) is 46.9 Å². The molecule has 0 heterocycles. The third-order valence-corrected chi connectivity index (χ3v) is 4.19. The smallest absolute Gasteiger partial charge is 0.142 e. The quantitative estimate of drug-likeness (QED) is 0.862. The summed E-state index contributed by atoms with van der Waals surface area (Å²) in [5.74, 6) is -0.415. The third kappa shape index (κ3) is 3.16. The van der Waals surface area contributed by atoms with E-state index in [9.17, 15) is 4.39 Å². The molecule has 1 unspecified atom stereocenters. The van der Waals surface area contributed by atoms with E-state index in [-0.39, 0.29) is 5.02 Å². The fraction of sp³-hybridized carbons (Fsp3) is 0.200. The Hall–Kier alpha value is -0.900. The van der Waals surface area contributed by atoms with Crippen molar-refractivity contribution < 1.29 is 4.39 Å². The maximum atomic E-state index is 13.5. The second-order valence-electron chi connectivity index (χ2n) is 4.79. The molecule has 0 radical (unpaired) electrons. The first-order valence-corrected chi connectivity index (χ1v) is 7.06. The van der Waals surface area contributed by atoms with E-state index in [0.717, 1.165) is 10.0 Å². The lowest BCUT2D eigenvalue weighted by Gasteiger charge is -2.27. The zero-order chi connectivity index (χ0) is 14.0. The lowest BCUT2D eigenvalue weighted by molar-refractivity contribution is 0.487. The van der Waals surface area contributed by atoms with Crippen LogP contribution in [0.4, 0.5) is 4.39 Å². The van der Waals surface area contributed by atoms with Crippen LogP contribution in [-0.4, -0.2) is 0 Å². The maximum absolute atomic E-state index is 13.5. The Morgan fingerprint density at radius 1 is 1.21 bits per heavy atom. The molecule has 0 aliphatic heterocycles. The van der Waals surface area contributed by atoms with Gasteiger partial charge in [0.05, 0.1) is 5.02 Å². The molecule has 1 atom stereocenters. The summed E-state index contributed by atoms with van der Waals surface area (Å²) in [6, 6.07) is 12.5. The zero-order valence-electron chi connectivity index (χ0n) is 10.5. The van der Waals surface area contributed by atoms with E-state index in [1.807, 2.05) is 31.2 Å². The third-order valence-electron chi connectivity index (χ3n) is 3.08. The van der Waals surface area contributed by atoms with Gasteiger partial charge in [-0.05, 0) is 36.6 Å². The number of benzene rings is 2. The van der Waals surface area contributed by atoms with Gasteiger partial charge >= 0.3 is 0 Å². The molecule has 100 valence electrons. The molecule has 0 aliphatic carbocycles. The van der Waals surface area contributed by atoms with Crippen LogP contribution in [-0.2, 0) is 12.0 Å². The minimum Gasteiger partial charge on any atom is -0.321 e. The van der Waals surface area contributed by atoms with Crippen molar-refractivity contribution in [1.29, 1.82) is 0 Å². The first kappa shape index (κ1) is 14.5. The normalized spacial score (nSPS) is 14.2. The summed E-state index contributed by atoms with van der Waals surface area (Å²) in [7, 11) is 0. The van der Waals surface area contributed by atoms with Crippen LogP contribution in [0.3, 0.4) is 0 Å². The van der Waals surface area contributed by atoms with Crippen LogP contribution in [0, 0.1) is 5.82 Å². The zero-order valence-corrected chi connectivity index (χ0v) is 12.8. The average Bonchev–Trinajstić information content (AvgIpc) is 2.35. The topological polar surface area (TPSA) is 26.0 Å². The summed E-state index contributed by atoms with van der Waals surface area (Å²) in [6.07, 6.45) is 0.464. The summed E-state index contributed by atoms with van der Waals surface area (Å²) in [5, 5.41) is 0.145. The molecule has 0 aliphatic rings. The summed E-state index contributed by atoms with van der Waals surface area (Å²) >= 11 is 9.48. The second-order valence-corrected chi connectivity index (χ2v) is 6.02. The molecule has 0 saturated heterocycles. The predicted molar refractivity (Wildman–Crippen MR) is 80.8 cm³/mol. The van der Waals surface area contributed by atoms with E-state index >= 15 is 0 Å². The van der Waals surface area contributed by atoms with Crippen molar-refractivity contribution in [2.24, 2.45) is 5.73 Å². The fourth-order valence-corrected chi connectivity index (χ4v) is 3.03. The van der Waals surface area contributed by atoms with Gasteiger partial charge < -0.3 is 5.73 Å². The van der Waals surface area contributed by atoms with Crippen LogP contribution >= 0.6 is 27.5 Å². The first-order valence-electron chi connectivity index (χ1n) is 5.88. The van der Waals surface area contributed by atoms with Crippen molar-refractivity contribution in [3.05, 3.63) is 68.9 Å². The van der Waals surface area contributed by atoms with Gasteiger partial charge in [0.2, 0.25) is 0 Å². The molecule has 0 fully saturated rings. The molecule has 0 aromatic heterocycles. The van der Waals surface area contributed by atoms with Gasteiger partial charge in [-0.2, -0.15) is 0 Å². The lowest BCUT2D eigenvalue weighted by atomic mass is 9.86. The van der Waals surface area contributed by atoms with E-state index in [0.29, 0.717) is 12.0 Å². The van der Waals surface area contributed by atoms with Crippen molar-refractivity contribution in [2.45, 2.75) is 18.9 Å². The van der Waals surface area contributed by atoms with Crippen molar-refractivity contribution in [1.82, 2.24) is 0 Å². The number of hydrogen-bond acceptors (Lipinski definition) is 1. The summed E-state index contributed by atoms with van der Waals surface area (Å²) in [5.41, 5.74) is 7.43. The van der Waals surface area contributed by atoms with Gasteiger partial charge in [0.15, 0.2) is 0 Å². The van der Waals surface area contributed by atoms with Gasteiger partial charge in [-0.1, -0.05) is 57.9 Å². The standard InChI is InChI=1S/C15H14BrClFN/c1-15(19,11-6-2-3-7-12(11)16)9-10-5-4-8-13(18)14(10)17/h2-8H,9,19H2,1H3. The Bertz CT molecular complexity index is 598. The average molecular weight is 343 g/mol. The van der Waals surface area contributed by atoms with Crippen molar-refractivity contribution in [3.8, 4) is 0 Å². The summed E-state index contributed by atoms with van der Waals surface area (Å²) in [6.45, 7) is 1.91. The van der Waals surface area contributed by atoms with Gasteiger partial charge in [-0.3, -0.25) is 0 Å². The largest absolute Gasteiger partial charge is 0.321 e. The van der Waals surface area contributed by atoms with E-state index in [1.54, 1.807) is 12.1 Å². The Morgan fingerprint density at radius 2 is 1.89 bits per heavy atom. The van der Waals surface area contributed by atoms with Gasteiger partial charge in [0, 0.05) is 10.0 Å². The highest BCUT2D eigenvalue weighted by Crippen LogP contribution is 2.31. The van der Waals surface area contributed by atoms with Crippen LogP contribution < -0.4 is 5.73 Å². The molecule has 2 aromatic carbocycles. The second kappa shape index (κ2) is 5.61. The Labute approximate surface area is 125 Å². The monoisotopic (exact) mass is 341 g/mol. The van der Waals surface area contributed by atoms with Gasteiger partial charge in [0.1, 0.15) is 5.82 Å². The molecular weight excluding hydrogens is 329 g/mol. The Balaban J connectivity index is 2.36. The lowest BCUT2D eigenvalue weighted by Crippen LogP contribution is -2.36. The maximum Gasteiger partial charge on any atom is 0.142 e. The molecular formula is C15H14BrClFN. The van der Waals surface area contributed by atoms with Gasteiger partial charge in [0.25, 0.3) is 0 Å². The van der Waals surface area contributed by atoms with Crippen LogP contribution in [0.25, 0.3) is 0 Å². The van der Waals surface area contributed by atoms with Crippen molar-refractivity contribution in [2.75, 3.05) is 0 Å². The van der Waals surface area contributed by atoms with Crippen molar-refractivity contribution >= 4 is 27.5 Å².